The van der Waals surface area contributed by atoms with Gasteiger partial charge in [-0.2, -0.15) is 0 Å². The number of rotatable bonds is 6. The SMILES string of the molecule is CCC(CC)(CBr)NC(=O)c1ccc(F)c(OC)c1. The molecule has 0 aliphatic rings. The van der Waals surface area contributed by atoms with Crippen molar-refractivity contribution in [2.45, 2.75) is 32.2 Å². The van der Waals surface area contributed by atoms with Crippen molar-refractivity contribution in [1.82, 2.24) is 5.32 Å². The van der Waals surface area contributed by atoms with E-state index in [0.29, 0.717) is 10.9 Å². The number of methoxy groups -OCH3 is 1. The molecule has 19 heavy (non-hydrogen) atoms. The summed E-state index contributed by atoms with van der Waals surface area (Å²) in [6.45, 7) is 4.05. The van der Waals surface area contributed by atoms with E-state index in [1.807, 2.05) is 13.8 Å². The molecule has 0 aliphatic heterocycles. The van der Waals surface area contributed by atoms with Crippen LogP contribution in [0.3, 0.4) is 0 Å². The van der Waals surface area contributed by atoms with Gasteiger partial charge in [0.15, 0.2) is 11.6 Å². The number of benzene rings is 1. The molecule has 0 fully saturated rings. The predicted octanol–water partition coefficient (Wildman–Crippen LogP) is 3.52. The van der Waals surface area contributed by atoms with Gasteiger partial charge < -0.3 is 10.1 Å². The highest BCUT2D eigenvalue weighted by Crippen LogP contribution is 2.21. The first-order valence-electron chi connectivity index (χ1n) is 6.24. The van der Waals surface area contributed by atoms with Gasteiger partial charge in [0.05, 0.1) is 7.11 Å². The van der Waals surface area contributed by atoms with Gasteiger partial charge in [-0.05, 0) is 31.0 Å². The minimum atomic E-state index is -0.475. The summed E-state index contributed by atoms with van der Waals surface area (Å²) in [5.74, 6) is -0.622. The number of alkyl halides is 1. The van der Waals surface area contributed by atoms with Gasteiger partial charge >= 0.3 is 0 Å². The Bertz CT molecular complexity index is 439. The van der Waals surface area contributed by atoms with E-state index in [2.05, 4.69) is 21.2 Å². The maximum Gasteiger partial charge on any atom is 0.251 e. The number of hydrogen-bond donors (Lipinski definition) is 1. The van der Waals surface area contributed by atoms with E-state index in [-0.39, 0.29) is 17.2 Å². The van der Waals surface area contributed by atoms with Crippen LogP contribution in [0.25, 0.3) is 0 Å². The summed E-state index contributed by atoms with van der Waals surface area (Å²) in [5.41, 5.74) is 0.115. The van der Waals surface area contributed by atoms with Crippen LogP contribution in [0.15, 0.2) is 18.2 Å². The lowest BCUT2D eigenvalue weighted by Gasteiger charge is -2.31. The highest BCUT2D eigenvalue weighted by Gasteiger charge is 2.27. The Labute approximate surface area is 121 Å². The Hall–Kier alpha value is -1.10. The number of ether oxygens (including phenoxy) is 1. The zero-order valence-electron chi connectivity index (χ0n) is 11.4. The average Bonchev–Trinajstić information content (AvgIpc) is 2.45. The summed E-state index contributed by atoms with van der Waals surface area (Å²) in [5, 5.41) is 3.68. The first-order valence-corrected chi connectivity index (χ1v) is 7.36. The van der Waals surface area contributed by atoms with Crippen molar-refractivity contribution in [2.24, 2.45) is 0 Å². The van der Waals surface area contributed by atoms with Crippen molar-refractivity contribution in [1.29, 1.82) is 0 Å². The molecule has 1 aromatic rings. The first-order chi connectivity index (χ1) is 9.01. The Morgan fingerprint density at radius 3 is 2.53 bits per heavy atom. The maximum atomic E-state index is 13.3. The second-order valence-corrected chi connectivity index (χ2v) is 4.99. The molecule has 0 heterocycles. The molecule has 0 saturated heterocycles. The summed E-state index contributed by atoms with van der Waals surface area (Å²) in [6, 6.07) is 4.11. The fraction of sp³-hybridized carbons (Fsp3) is 0.500. The Kier molecular flexibility index (Phi) is 5.79. The topological polar surface area (TPSA) is 38.3 Å². The molecule has 1 amide bonds. The van der Waals surface area contributed by atoms with Crippen molar-refractivity contribution < 1.29 is 13.9 Å². The lowest BCUT2D eigenvalue weighted by molar-refractivity contribution is 0.0903. The molecule has 0 aromatic heterocycles. The summed E-state index contributed by atoms with van der Waals surface area (Å²) in [7, 11) is 1.38. The van der Waals surface area contributed by atoms with E-state index in [9.17, 15) is 9.18 Å². The van der Waals surface area contributed by atoms with Gasteiger partial charge in [-0.1, -0.05) is 29.8 Å². The lowest BCUT2D eigenvalue weighted by atomic mass is 9.95. The summed E-state index contributed by atoms with van der Waals surface area (Å²) in [6.07, 6.45) is 1.64. The molecule has 1 N–H and O–H groups in total. The van der Waals surface area contributed by atoms with Gasteiger partial charge in [0.1, 0.15) is 0 Å². The lowest BCUT2D eigenvalue weighted by Crippen LogP contribution is -2.49. The van der Waals surface area contributed by atoms with Crippen LogP contribution in [0.2, 0.25) is 0 Å². The van der Waals surface area contributed by atoms with E-state index in [1.54, 1.807) is 0 Å². The molecule has 1 rings (SSSR count). The van der Waals surface area contributed by atoms with Gasteiger partial charge in [-0.3, -0.25) is 4.79 Å². The molecule has 1 aromatic carbocycles. The van der Waals surface area contributed by atoms with Gasteiger partial charge in [-0.25, -0.2) is 4.39 Å². The average molecular weight is 332 g/mol. The monoisotopic (exact) mass is 331 g/mol. The minimum Gasteiger partial charge on any atom is -0.494 e. The molecule has 3 nitrogen and oxygen atoms in total. The van der Waals surface area contributed by atoms with Crippen LogP contribution in [0.1, 0.15) is 37.0 Å². The Balaban J connectivity index is 2.94. The molecule has 5 heteroatoms. The second-order valence-electron chi connectivity index (χ2n) is 4.42. The maximum absolute atomic E-state index is 13.3. The largest absolute Gasteiger partial charge is 0.494 e. The fourth-order valence-corrected chi connectivity index (χ4v) is 2.70. The summed E-state index contributed by atoms with van der Waals surface area (Å²) in [4.78, 5) is 12.2. The molecule has 0 saturated carbocycles. The van der Waals surface area contributed by atoms with Crippen molar-refractivity contribution >= 4 is 21.8 Å². The normalized spacial score (nSPS) is 11.2. The van der Waals surface area contributed by atoms with E-state index < -0.39 is 5.82 Å². The Morgan fingerprint density at radius 2 is 2.05 bits per heavy atom. The van der Waals surface area contributed by atoms with E-state index in [0.717, 1.165) is 12.8 Å². The summed E-state index contributed by atoms with van der Waals surface area (Å²) < 4.78 is 18.2. The number of hydrogen-bond acceptors (Lipinski definition) is 2. The van der Waals surface area contributed by atoms with Crippen LogP contribution in [0.4, 0.5) is 4.39 Å². The van der Waals surface area contributed by atoms with Crippen LogP contribution < -0.4 is 10.1 Å². The van der Waals surface area contributed by atoms with Gasteiger partial charge in [0.25, 0.3) is 5.91 Å². The number of carbonyl (C=O) groups is 1. The molecule has 0 aliphatic carbocycles. The van der Waals surface area contributed by atoms with Crippen molar-refractivity contribution in [3.05, 3.63) is 29.6 Å². The van der Waals surface area contributed by atoms with E-state index in [4.69, 9.17) is 4.74 Å². The first kappa shape index (κ1) is 16.0. The fourth-order valence-electron chi connectivity index (χ4n) is 1.76. The number of carbonyl (C=O) groups excluding carboxylic acids is 1. The molecule has 0 atom stereocenters. The van der Waals surface area contributed by atoms with Crippen LogP contribution in [0, 0.1) is 5.82 Å². The highest BCUT2D eigenvalue weighted by atomic mass is 79.9. The minimum absolute atomic E-state index is 0.0742. The van der Waals surface area contributed by atoms with Crippen LogP contribution in [-0.2, 0) is 0 Å². The quantitative estimate of drug-likeness (QED) is 0.810. The molecule has 0 bridgehead atoms. The van der Waals surface area contributed by atoms with Gasteiger partial charge in [0, 0.05) is 16.4 Å². The van der Waals surface area contributed by atoms with Crippen LogP contribution >= 0.6 is 15.9 Å². The van der Waals surface area contributed by atoms with Gasteiger partial charge in [-0.15, -0.1) is 0 Å². The standard InChI is InChI=1S/C14H19BrFNO2/c1-4-14(5-2,9-15)17-13(18)10-6-7-11(16)12(8-10)19-3/h6-8H,4-5,9H2,1-3H3,(H,17,18). The van der Waals surface area contributed by atoms with E-state index in [1.165, 1.54) is 25.3 Å². The highest BCUT2D eigenvalue weighted by molar-refractivity contribution is 9.09. The molecular formula is C14H19BrFNO2. The number of halogens is 2. The molecule has 0 radical (unpaired) electrons. The predicted molar refractivity (Wildman–Crippen MR) is 77.5 cm³/mol. The Morgan fingerprint density at radius 1 is 1.42 bits per heavy atom. The molecule has 0 unspecified atom stereocenters. The third-order valence-electron chi connectivity index (χ3n) is 3.40. The number of nitrogens with one attached hydrogen (secondary N) is 1. The third-order valence-corrected chi connectivity index (χ3v) is 4.47. The van der Waals surface area contributed by atoms with Crippen molar-refractivity contribution in [2.75, 3.05) is 12.4 Å². The smallest absolute Gasteiger partial charge is 0.251 e. The molecular weight excluding hydrogens is 313 g/mol. The second kappa shape index (κ2) is 6.89. The summed E-state index contributed by atoms with van der Waals surface area (Å²) >= 11 is 3.43. The van der Waals surface area contributed by atoms with E-state index >= 15 is 0 Å². The molecule has 0 spiro atoms. The molecule has 106 valence electrons. The number of amides is 1. The van der Waals surface area contributed by atoms with Crippen molar-refractivity contribution in [3.8, 4) is 5.75 Å². The zero-order chi connectivity index (χ0) is 14.5. The van der Waals surface area contributed by atoms with Crippen LogP contribution in [-0.4, -0.2) is 23.9 Å². The third kappa shape index (κ3) is 3.69. The van der Waals surface area contributed by atoms with Gasteiger partial charge in [0.2, 0.25) is 0 Å². The van der Waals surface area contributed by atoms with Crippen LogP contribution in [0.5, 0.6) is 5.75 Å². The van der Waals surface area contributed by atoms with Crippen molar-refractivity contribution in [3.63, 3.8) is 0 Å². The zero-order valence-corrected chi connectivity index (χ0v) is 13.0.